The lowest BCUT2D eigenvalue weighted by Crippen LogP contribution is -2.34. The lowest BCUT2D eigenvalue weighted by atomic mass is 9.93. The summed E-state index contributed by atoms with van der Waals surface area (Å²) in [6, 6.07) is 23.8. The molecule has 3 aromatic heterocycles. The molecular formula is C29H29N5O. The Morgan fingerprint density at radius 1 is 0.914 bits per heavy atom. The van der Waals surface area contributed by atoms with E-state index < -0.39 is 0 Å². The third-order valence-electron chi connectivity index (χ3n) is 7.14. The van der Waals surface area contributed by atoms with Crippen LogP contribution in [0.5, 0.6) is 0 Å². The zero-order valence-electron chi connectivity index (χ0n) is 19.9. The number of aliphatic hydroxyl groups excluding tert-OH is 1. The molecule has 1 aliphatic rings. The quantitative estimate of drug-likeness (QED) is 0.369. The zero-order chi connectivity index (χ0) is 23.8. The fraction of sp³-hybridized carbons (Fsp3) is 0.276. The first-order valence-corrected chi connectivity index (χ1v) is 12.4. The number of aryl methyl sites for hydroxylation is 1. The van der Waals surface area contributed by atoms with Crippen LogP contribution in [0.25, 0.3) is 38.9 Å². The molecule has 3 heterocycles. The van der Waals surface area contributed by atoms with Crippen molar-refractivity contribution < 1.29 is 5.11 Å². The van der Waals surface area contributed by atoms with E-state index in [4.69, 9.17) is 4.98 Å². The number of hydrogen-bond acceptors (Lipinski definition) is 5. The summed E-state index contributed by atoms with van der Waals surface area (Å²) in [4.78, 5) is 5.12. The summed E-state index contributed by atoms with van der Waals surface area (Å²) in [6.07, 6.45) is 5.75. The van der Waals surface area contributed by atoms with Gasteiger partial charge in [-0.05, 0) is 55.9 Å². The molecule has 176 valence electrons. The van der Waals surface area contributed by atoms with Crippen molar-refractivity contribution in [3.8, 4) is 22.4 Å². The van der Waals surface area contributed by atoms with Crippen molar-refractivity contribution in [3.63, 3.8) is 0 Å². The molecule has 0 radical (unpaired) electrons. The molecule has 6 heteroatoms. The van der Waals surface area contributed by atoms with Gasteiger partial charge in [-0.3, -0.25) is 4.40 Å². The molecule has 0 spiro atoms. The maximum atomic E-state index is 9.73. The van der Waals surface area contributed by atoms with Crippen LogP contribution in [-0.2, 0) is 6.54 Å². The van der Waals surface area contributed by atoms with E-state index in [1.54, 1.807) is 0 Å². The van der Waals surface area contributed by atoms with Crippen LogP contribution in [0.4, 0.5) is 0 Å². The minimum atomic E-state index is -0.120. The van der Waals surface area contributed by atoms with Crippen LogP contribution in [0, 0.1) is 6.92 Å². The Morgan fingerprint density at radius 2 is 1.69 bits per heavy atom. The molecule has 6 rings (SSSR count). The molecule has 0 aliphatic heterocycles. The van der Waals surface area contributed by atoms with Crippen LogP contribution >= 0.6 is 0 Å². The Balaban J connectivity index is 1.36. The zero-order valence-corrected chi connectivity index (χ0v) is 19.9. The molecule has 1 saturated carbocycles. The van der Waals surface area contributed by atoms with E-state index in [0.717, 1.165) is 77.0 Å². The Bertz CT molecular complexity index is 1470. The van der Waals surface area contributed by atoms with E-state index in [0.29, 0.717) is 6.04 Å². The lowest BCUT2D eigenvalue weighted by molar-refractivity contribution is 0.116. The molecule has 0 bridgehead atoms. The fourth-order valence-corrected chi connectivity index (χ4v) is 5.09. The molecular weight excluding hydrogens is 434 g/mol. The predicted octanol–water partition coefficient (Wildman–Crippen LogP) is 5.31. The highest BCUT2D eigenvalue weighted by Crippen LogP contribution is 2.34. The van der Waals surface area contributed by atoms with Crippen LogP contribution in [0.3, 0.4) is 0 Å². The molecule has 35 heavy (non-hydrogen) atoms. The number of pyridine rings is 2. The molecule has 5 aromatic rings. The van der Waals surface area contributed by atoms with E-state index in [-0.39, 0.29) is 6.10 Å². The van der Waals surface area contributed by atoms with Crippen molar-refractivity contribution in [2.45, 2.75) is 51.3 Å². The monoisotopic (exact) mass is 463 g/mol. The first kappa shape index (κ1) is 21.9. The first-order chi connectivity index (χ1) is 17.2. The van der Waals surface area contributed by atoms with Crippen molar-refractivity contribution in [2.75, 3.05) is 0 Å². The standard InChI is InChI=1S/C29H29N5O/c1-19-32-33-29-26-17-25(21-5-3-2-4-6-21)28(31-27(26)15-16-34(19)29)22-9-7-20(8-10-22)18-30-23-11-13-24(35)14-12-23/h2-10,15-17,23-24,30,35H,11-14,18H2,1H3. The van der Waals surface area contributed by atoms with E-state index in [1.165, 1.54) is 5.56 Å². The first-order valence-electron chi connectivity index (χ1n) is 12.4. The highest BCUT2D eigenvalue weighted by molar-refractivity contribution is 5.98. The summed E-state index contributed by atoms with van der Waals surface area (Å²) in [5.41, 5.74) is 7.25. The van der Waals surface area contributed by atoms with Gasteiger partial charge in [-0.15, -0.1) is 10.2 Å². The highest BCUT2D eigenvalue weighted by atomic mass is 16.3. The number of fused-ring (bicyclic) bond motifs is 3. The average Bonchev–Trinajstić information content (AvgIpc) is 3.29. The normalized spacial score (nSPS) is 18.3. The lowest BCUT2D eigenvalue weighted by Gasteiger charge is -2.26. The van der Waals surface area contributed by atoms with Crippen LogP contribution in [-0.4, -0.2) is 36.8 Å². The summed E-state index contributed by atoms with van der Waals surface area (Å²) >= 11 is 0. The predicted molar refractivity (Wildman–Crippen MR) is 139 cm³/mol. The number of hydrogen-bond donors (Lipinski definition) is 2. The molecule has 0 amide bonds. The van der Waals surface area contributed by atoms with E-state index in [1.807, 2.05) is 29.7 Å². The third-order valence-corrected chi connectivity index (χ3v) is 7.14. The Hall–Kier alpha value is -3.61. The summed E-state index contributed by atoms with van der Waals surface area (Å²) in [5.74, 6) is 0.862. The van der Waals surface area contributed by atoms with Gasteiger partial charge in [0.05, 0.1) is 17.3 Å². The van der Waals surface area contributed by atoms with Gasteiger partial charge in [-0.25, -0.2) is 4.98 Å². The number of aromatic nitrogens is 4. The van der Waals surface area contributed by atoms with Gasteiger partial charge in [0.1, 0.15) is 5.82 Å². The van der Waals surface area contributed by atoms with Gasteiger partial charge >= 0.3 is 0 Å². The second kappa shape index (κ2) is 9.21. The number of rotatable bonds is 5. The molecule has 1 aliphatic carbocycles. The highest BCUT2D eigenvalue weighted by Gasteiger charge is 2.19. The molecule has 0 saturated heterocycles. The van der Waals surface area contributed by atoms with Crippen LogP contribution in [0.15, 0.2) is 72.9 Å². The molecule has 0 atom stereocenters. The minimum absolute atomic E-state index is 0.120. The van der Waals surface area contributed by atoms with Gasteiger partial charge in [0, 0.05) is 35.3 Å². The van der Waals surface area contributed by atoms with Gasteiger partial charge in [0.15, 0.2) is 5.65 Å². The summed E-state index contributed by atoms with van der Waals surface area (Å²) < 4.78 is 2.01. The number of benzene rings is 2. The van der Waals surface area contributed by atoms with Crippen molar-refractivity contribution in [2.24, 2.45) is 0 Å². The van der Waals surface area contributed by atoms with Crippen molar-refractivity contribution >= 4 is 16.6 Å². The molecule has 0 unspecified atom stereocenters. The summed E-state index contributed by atoms with van der Waals surface area (Å²) in [7, 11) is 0. The van der Waals surface area contributed by atoms with Gasteiger partial charge < -0.3 is 10.4 Å². The largest absolute Gasteiger partial charge is 0.393 e. The number of aliphatic hydroxyl groups is 1. The van der Waals surface area contributed by atoms with Gasteiger partial charge in [0.2, 0.25) is 0 Å². The summed E-state index contributed by atoms with van der Waals surface area (Å²) in [6.45, 7) is 2.79. The number of nitrogens with zero attached hydrogens (tertiary/aromatic N) is 4. The molecule has 6 nitrogen and oxygen atoms in total. The van der Waals surface area contributed by atoms with E-state index in [2.05, 4.69) is 70.1 Å². The molecule has 2 aromatic carbocycles. The Morgan fingerprint density at radius 3 is 2.46 bits per heavy atom. The third kappa shape index (κ3) is 4.31. The Kier molecular flexibility index (Phi) is 5.76. The minimum Gasteiger partial charge on any atom is -0.393 e. The van der Waals surface area contributed by atoms with E-state index in [9.17, 15) is 5.11 Å². The molecule has 2 N–H and O–H groups in total. The van der Waals surface area contributed by atoms with Crippen LogP contribution in [0.1, 0.15) is 37.1 Å². The van der Waals surface area contributed by atoms with Crippen molar-refractivity contribution in [1.82, 2.24) is 24.9 Å². The summed E-state index contributed by atoms with van der Waals surface area (Å²) in [5, 5.41) is 23.1. The SMILES string of the molecule is Cc1nnc2c3cc(-c4ccccc4)c(-c4ccc(CNC5CCC(O)CC5)cc4)nc3ccn12. The maximum Gasteiger partial charge on any atom is 0.170 e. The van der Waals surface area contributed by atoms with Crippen molar-refractivity contribution in [3.05, 3.63) is 84.3 Å². The Labute approximate surface area is 204 Å². The van der Waals surface area contributed by atoms with Gasteiger partial charge in [-0.2, -0.15) is 0 Å². The average molecular weight is 464 g/mol. The van der Waals surface area contributed by atoms with Crippen molar-refractivity contribution in [1.29, 1.82) is 0 Å². The maximum absolute atomic E-state index is 9.73. The van der Waals surface area contributed by atoms with E-state index >= 15 is 0 Å². The van der Waals surface area contributed by atoms with Gasteiger partial charge in [0.25, 0.3) is 0 Å². The van der Waals surface area contributed by atoms with Crippen LogP contribution in [0.2, 0.25) is 0 Å². The second-order valence-electron chi connectivity index (χ2n) is 9.52. The molecule has 1 fully saturated rings. The number of nitrogens with one attached hydrogen (secondary N) is 1. The fourth-order valence-electron chi connectivity index (χ4n) is 5.09. The smallest absolute Gasteiger partial charge is 0.170 e. The second-order valence-corrected chi connectivity index (χ2v) is 9.52. The van der Waals surface area contributed by atoms with Crippen LogP contribution < -0.4 is 5.32 Å². The van der Waals surface area contributed by atoms with Gasteiger partial charge in [-0.1, -0.05) is 54.6 Å². The topological polar surface area (TPSA) is 75.3 Å².